The molecule has 0 saturated heterocycles. The van der Waals surface area contributed by atoms with Crippen molar-refractivity contribution >= 4 is 27.2 Å². The molecule has 1 atom stereocenters. The first-order valence-electron chi connectivity index (χ1n) is 11.1. The van der Waals surface area contributed by atoms with Crippen molar-refractivity contribution in [1.82, 2.24) is 5.32 Å². The van der Waals surface area contributed by atoms with E-state index in [0.29, 0.717) is 23.7 Å². The molecular formula is C25H28F2N4O3S. The second kappa shape index (κ2) is 12.2. The van der Waals surface area contributed by atoms with E-state index in [1.54, 1.807) is 54.6 Å². The fraction of sp³-hybridized carbons (Fsp3) is 0.240. The first-order chi connectivity index (χ1) is 16.8. The molecule has 0 fully saturated rings. The Morgan fingerprint density at radius 1 is 1.06 bits per heavy atom. The standard InChI is InChI=1S/C25H28F2N4O3S/c1-2-3-14-29-21-15-18(25(32)30-17-23(26)27)16-22(24(21)34-20-12-8-5-9-13-20)35(28,33)31-19-10-6-4-7-11-19/h4-13,15-16,23,29H,2-3,14,17H2,1H3,(H,30,32)(H2,28,31,33). The van der Waals surface area contributed by atoms with Gasteiger partial charge < -0.3 is 15.4 Å². The topological polar surface area (TPSA) is 103 Å². The summed E-state index contributed by atoms with van der Waals surface area (Å²) < 4.78 is 56.5. The average molecular weight is 503 g/mol. The Morgan fingerprint density at radius 3 is 2.34 bits per heavy atom. The van der Waals surface area contributed by atoms with E-state index in [9.17, 15) is 17.8 Å². The quantitative estimate of drug-likeness (QED) is 0.224. The first-order valence-corrected chi connectivity index (χ1v) is 12.7. The lowest BCUT2D eigenvalue weighted by molar-refractivity contribution is 0.0891. The molecule has 0 aromatic heterocycles. The number of alkyl halides is 2. The van der Waals surface area contributed by atoms with Gasteiger partial charge in [0.15, 0.2) is 15.7 Å². The summed E-state index contributed by atoms with van der Waals surface area (Å²) in [6.07, 6.45) is -1.02. The molecule has 0 spiro atoms. The van der Waals surface area contributed by atoms with Gasteiger partial charge in [0.2, 0.25) is 0 Å². The zero-order chi connectivity index (χ0) is 25.3. The van der Waals surface area contributed by atoms with E-state index in [0.717, 1.165) is 12.8 Å². The fourth-order valence-corrected chi connectivity index (χ4v) is 4.47. The maximum absolute atomic E-state index is 13.7. The van der Waals surface area contributed by atoms with Crippen LogP contribution in [0.3, 0.4) is 0 Å². The molecule has 0 heterocycles. The summed E-state index contributed by atoms with van der Waals surface area (Å²) in [5, 5.41) is 5.34. The van der Waals surface area contributed by atoms with Gasteiger partial charge in [0.05, 0.1) is 12.2 Å². The van der Waals surface area contributed by atoms with Crippen LogP contribution in [-0.2, 0) is 9.92 Å². The number of rotatable bonds is 12. The Kier molecular flexibility index (Phi) is 9.02. The Bertz CT molecular complexity index is 1220. The number of nitrogens with one attached hydrogen (secondary N) is 4. The molecule has 0 bridgehead atoms. The highest BCUT2D eigenvalue weighted by molar-refractivity contribution is 7.93. The van der Waals surface area contributed by atoms with E-state index in [2.05, 4.69) is 15.4 Å². The Morgan fingerprint density at radius 2 is 1.71 bits per heavy atom. The Balaban J connectivity index is 2.13. The van der Waals surface area contributed by atoms with Gasteiger partial charge in [-0.25, -0.2) is 17.8 Å². The van der Waals surface area contributed by atoms with E-state index in [1.165, 1.54) is 12.1 Å². The fourth-order valence-electron chi connectivity index (χ4n) is 3.19. The van der Waals surface area contributed by atoms with E-state index in [-0.39, 0.29) is 16.2 Å². The minimum atomic E-state index is -3.75. The summed E-state index contributed by atoms with van der Waals surface area (Å²) in [7, 11) is -3.75. The van der Waals surface area contributed by atoms with Gasteiger partial charge in [-0.15, -0.1) is 0 Å². The normalized spacial score (nSPS) is 12.6. The van der Waals surface area contributed by atoms with Gasteiger partial charge in [-0.05, 0) is 42.8 Å². The first kappa shape index (κ1) is 26.0. The summed E-state index contributed by atoms with van der Waals surface area (Å²) in [4.78, 5) is 12.6. The predicted octanol–water partition coefficient (Wildman–Crippen LogP) is 6.12. The van der Waals surface area contributed by atoms with E-state index in [4.69, 9.17) is 9.52 Å². The van der Waals surface area contributed by atoms with Crippen LogP contribution in [0, 0.1) is 4.78 Å². The van der Waals surface area contributed by atoms with Crippen molar-refractivity contribution in [2.45, 2.75) is 31.1 Å². The highest BCUT2D eigenvalue weighted by Gasteiger charge is 2.24. The molecule has 35 heavy (non-hydrogen) atoms. The third-order valence-corrected chi connectivity index (χ3v) is 6.33. The molecule has 0 aliphatic heterocycles. The highest BCUT2D eigenvalue weighted by atomic mass is 32.2. The second-order valence-corrected chi connectivity index (χ2v) is 9.43. The molecule has 3 aromatic rings. The molecule has 7 nitrogen and oxygen atoms in total. The lowest BCUT2D eigenvalue weighted by Gasteiger charge is -2.21. The van der Waals surface area contributed by atoms with Gasteiger partial charge in [0.25, 0.3) is 12.3 Å². The van der Waals surface area contributed by atoms with Gasteiger partial charge >= 0.3 is 0 Å². The lowest BCUT2D eigenvalue weighted by Crippen LogP contribution is -2.29. The Hall–Kier alpha value is -3.66. The molecule has 0 saturated carbocycles. The molecule has 0 aliphatic rings. The molecular weight excluding hydrogens is 474 g/mol. The predicted molar refractivity (Wildman–Crippen MR) is 134 cm³/mol. The van der Waals surface area contributed by atoms with Crippen LogP contribution in [0.2, 0.25) is 0 Å². The second-order valence-electron chi connectivity index (χ2n) is 7.67. The molecule has 1 unspecified atom stereocenters. The molecule has 3 rings (SSSR count). The van der Waals surface area contributed by atoms with Gasteiger partial charge in [-0.1, -0.05) is 49.7 Å². The highest BCUT2D eigenvalue weighted by Crippen LogP contribution is 2.38. The van der Waals surface area contributed by atoms with Crippen LogP contribution in [-0.4, -0.2) is 29.6 Å². The number of hydrogen-bond donors (Lipinski definition) is 4. The SMILES string of the molecule is CCCCNc1cc(C(=O)NCC(F)F)cc(S(=N)(=O)Nc2ccccc2)c1Oc1ccccc1. The van der Waals surface area contributed by atoms with Crippen molar-refractivity contribution in [3.8, 4) is 11.5 Å². The number of anilines is 2. The molecule has 3 aromatic carbocycles. The number of benzene rings is 3. The van der Waals surface area contributed by atoms with Crippen molar-refractivity contribution in [2.24, 2.45) is 0 Å². The summed E-state index contributed by atoms with van der Waals surface area (Å²) >= 11 is 0. The third kappa shape index (κ3) is 7.41. The zero-order valence-electron chi connectivity index (χ0n) is 19.2. The molecule has 0 radical (unpaired) electrons. The van der Waals surface area contributed by atoms with Crippen LogP contribution in [0.25, 0.3) is 0 Å². The third-order valence-electron chi connectivity index (χ3n) is 4.89. The van der Waals surface area contributed by atoms with E-state index in [1.807, 2.05) is 13.0 Å². The molecule has 4 N–H and O–H groups in total. The van der Waals surface area contributed by atoms with Gasteiger partial charge in [0.1, 0.15) is 10.6 Å². The number of ether oxygens (including phenoxy) is 1. The number of unbranched alkanes of at least 4 members (excludes halogenated alkanes) is 1. The molecule has 186 valence electrons. The number of carbonyl (C=O) groups excluding carboxylic acids is 1. The molecule has 10 heteroatoms. The van der Waals surface area contributed by atoms with Crippen LogP contribution >= 0.6 is 0 Å². The summed E-state index contributed by atoms with van der Waals surface area (Å²) in [6, 6.07) is 20.0. The largest absolute Gasteiger partial charge is 0.454 e. The number of halogens is 2. The van der Waals surface area contributed by atoms with Crippen molar-refractivity contribution in [1.29, 1.82) is 4.78 Å². The van der Waals surface area contributed by atoms with Crippen LogP contribution in [0.4, 0.5) is 20.2 Å². The van der Waals surface area contributed by atoms with Crippen LogP contribution < -0.4 is 20.1 Å². The molecule has 1 amide bonds. The van der Waals surface area contributed by atoms with Crippen molar-refractivity contribution in [3.63, 3.8) is 0 Å². The number of hydrogen-bond acceptors (Lipinski definition) is 5. The number of carbonyl (C=O) groups is 1. The minimum Gasteiger partial charge on any atom is -0.454 e. The van der Waals surface area contributed by atoms with Crippen molar-refractivity contribution < 1.29 is 22.5 Å². The van der Waals surface area contributed by atoms with Gasteiger partial charge in [-0.2, -0.15) is 0 Å². The monoisotopic (exact) mass is 502 g/mol. The number of para-hydroxylation sites is 2. The van der Waals surface area contributed by atoms with E-state index >= 15 is 0 Å². The Labute approximate surface area is 204 Å². The zero-order valence-corrected chi connectivity index (χ0v) is 20.0. The number of amides is 1. The van der Waals surface area contributed by atoms with Crippen LogP contribution in [0.1, 0.15) is 30.1 Å². The molecule has 0 aliphatic carbocycles. The maximum Gasteiger partial charge on any atom is 0.255 e. The van der Waals surface area contributed by atoms with Gasteiger partial charge in [0, 0.05) is 17.8 Å². The summed E-state index contributed by atoms with van der Waals surface area (Å²) in [5.41, 5.74) is 0.748. The van der Waals surface area contributed by atoms with Crippen LogP contribution in [0.15, 0.2) is 77.7 Å². The lowest BCUT2D eigenvalue weighted by atomic mass is 10.1. The average Bonchev–Trinajstić information content (AvgIpc) is 2.84. The van der Waals surface area contributed by atoms with Crippen molar-refractivity contribution in [3.05, 3.63) is 78.4 Å². The summed E-state index contributed by atoms with van der Waals surface area (Å²) in [5.74, 6) is -0.218. The summed E-state index contributed by atoms with van der Waals surface area (Å²) in [6.45, 7) is 1.71. The minimum absolute atomic E-state index is 0.0186. The van der Waals surface area contributed by atoms with Gasteiger partial charge in [-0.3, -0.25) is 9.52 Å². The van der Waals surface area contributed by atoms with Crippen molar-refractivity contribution in [2.75, 3.05) is 23.1 Å². The van der Waals surface area contributed by atoms with E-state index < -0.39 is 28.8 Å². The smallest absolute Gasteiger partial charge is 0.255 e. The van der Waals surface area contributed by atoms with Crippen LogP contribution in [0.5, 0.6) is 11.5 Å². The maximum atomic E-state index is 13.7.